The second kappa shape index (κ2) is 7.45. The van der Waals surface area contributed by atoms with Crippen LogP contribution in [0.4, 0.5) is 0 Å². The minimum absolute atomic E-state index is 1.01. The maximum atomic E-state index is 3.24. The van der Waals surface area contributed by atoms with Crippen molar-refractivity contribution in [1.82, 2.24) is 0 Å². The van der Waals surface area contributed by atoms with E-state index in [4.69, 9.17) is 0 Å². The summed E-state index contributed by atoms with van der Waals surface area (Å²) in [4.78, 5) is 0. The van der Waals surface area contributed by atoms with Crippen molar-refractivity contribution in [1.29, 1.82) is 0 Å². The second-order valence-corrected chi connectivity index (χ2v) is 5.76. The van der Waals surface area contributed by atoms with Gasteiger partial charge in [0.2, 0.25) is 0 Å². The fraction of sp³-hybridized carbons (Fsp3) is 0. The summed E-state index contributed by atoms with van der Waals surface area (Å²) in [6.45, 7) is 0. The molecule has 3 aromatic carbocycles. The fourth-order valence-corrected chi connectivity index (χ4v) is 2.32. The van der Waals surface area contributed by atoms with Crippen molar-refractivity contribution in [2.24, 2.45) is 0 Å². The third-order valence-corrected chi connectivity index (χ3v) is 3.74. The predicted octanol–water partition coefficient (Wildman–Crippen LogP) is 1.00. The minimum atomic E-state index is 1.01. The Balaban J connectivity index is 1.81. The van der Waals surface area contributed by atoms with Crippen molar-refractivity contribution >= 4 is 26.6 Å². The van der Waals surface area contributed by atoms with Crippen LogP contribution in [0.5, 0.6) is 0 Å². The Kier molecular flexibility index (Phi) is 4.90. The summed E-state index contributed by atoms with van der Waals surface area (Å²) in [7, 11) is 4.15. The molecule has 0 aliphatic rings. The molecular weight excluding hydrogens is 286 g/mol. The van der Waals surface area contributed by atoms with E-state index in [9.17, 15) is 0 Å². The van der Waals surface area contributed by atoms with Gasteiger partial charge in [-0.1, -0.05) is 71.0 Å². The maximum absolute atomic E-state index is 3.24. The number of benzene rings is 3. The first-order chi connectivity index (χ1) is 11.7. The van der Waals surface area contributed by atoms with Gasteiger partial charge in [-0.25, -0.2) is 0 Å². The van der Waals surface area contributed by atoms with E-state index < -0.39 is 0 Å². The topological polar surface area (TPSA) is 0 Å². The zero-order chi connectivity index (χ0) is 16.8. The van der Waals surface area contributed by atoms with Gasteiger partial charge < -0.3 is 0 Å². The molecule has 0 heterocycles. The lowest BCUT2D eigenvalue weighted by Crippen LogP contribution is -2.07. The molecule has 0 bridgehead atoms. The lowest BCUT2D eigenvalue weighted by molar-refractivity contribution is 1.62. The second-order valence-electron chi connectivity index (χ2n) is 5.76. The molecule has 0 saturated heterocycles. The average Bonchev–Trinajstić information content (AvgIpc) is 2.61. The summed E-state index contributed by atoms with van der Waals surface area (Å²) < 4.78 is 0. The van der Waals surface area contributed by atoms with Gasteiger partial charge in [-0.15, -0.1) is 0 Å². The Morgan fingerprint density at radius 1 is 0.542 bits per heavy atom. The largest absolute Gasteiger partial charge is 0.140 e. The molecule has 0 spiro atoms. The molecule has 2 heteroatoms. The highest BCUT2D eigenvalue weighted by Gasteiger charge is 1.96. The SMILES string of the molecule is Bc1ccc(C#Cc2ccc(C#Cc3ccccc3)c(B)c2)cc1. The van der Waals surface area contributed by atoms with Crippen molar-refractivity contribution in [3.63, 3.8) is 0 Å². The molecule has 0 radical (unpaired) electrons. The van der Waals surface area contributed by atoms with Crippen LogP contribution in [0.2, 0.25) is 0 Å². The van der Waals surface area contributed by atoms with E-state index in [0.717, 1.165) is 27.7 Å². The summed E-state index contributed by atoms with van der Waals surface area (Å²) >= 11 is 0. The summed E-state index contributed by atoms with van der Waals surface area (Å²) in [5, 5.41) is 0. The molecule has 0 fully saturated rings. The zero-order valence-corrected chi connectivity index (χ0v) is 13.9. The van der Waals surface area contributed by atoms with Gasteiger partial charge in [0.15, 0.2) is 0 Å². The molecule has 0 nitrogen and oxygen atoms in total. The molecule has 0 N–H and O–H groups in total. The van der Waals surface area contributed by atoms with Crippen LogP contribution in [-0.4, -0.2) is 15.7 Å². The molecule has 0 atom stereocenters. The van der Waals surface area contributed by atoms with Gasteiger partial charge in [0.1, 0.15) is 15.7 Å². The lowest BCUT2D eigenvalue weighted by atomic mass is 9.89. The number of hydrogen-bond acceptors (Lipinski definition) is 0. The molecule has 0 unspecified atom stereocenters. The highest BCUT2D eigenvalue weighted by molar-refractivity contribution is 6.34. The average molecular weight is 302 g/mol. The molecule has 0 aliphatic heterocycles. The molecule has 110 valence electrons. The van der Waals surface area contributed by atoms with E-state index in [1.807, 2.05) is 42.5 Å². The first kappa shape index (κ1) is 15.8. The minimum Gasteiger partial charge on any atom is -0.0889 e. The quantitative estimate of drug-likeness (QED) is 0.429. The maximum Gasteiger partial charge on any atom is 0.140 e. The third kappa shape index (κ3) is 4.22. The van der Waals surface area contributed by atoms with Gasteiger partial charge in [0.25, 0.3) is 0 Å². The van der Waals surface area contributed by atoms with Crippen LogP contribution in [-0.2, 0) is 0 Å². The zero-order valence-electron chi connectivity index (χ0n) is 13.9. The van der Waals surface area contributed by atoms with E-state index in [1.54, 1.807) is 0 Å². The van der Waals surface area contributed by atoms with Crippen molar-refractivity contribution < 1.29 is 0 Å². The molecule has 0 aliphatic carbocycles. The van der Waals surface area contributed by atoms with Crippen LogP contribution in [0.1, 0.15) is 22.3 Å². The number of hydrogen-bond donors (Lipinski definition) is 0. The van der Waals surface area contributed by atoms with Crippen molar-refractivity contribution in [3.8, 4) is 23.7 Å². The molecule has 0 saturated carbocycles. The summed E-state index contributed by atoms with van der Waals surface area (Å²) in [6.07, 6.45) is 0. The van der Waals surface area contributed by atoms with Crippen LogP contribution < -0.4 is 10.9 Å². The Hall–Kier alpha value is -3.09. The van der Waals surface area contributed by atoms with Gasteiger partial charge in [0, 0.05) is 22.3 Å². The third-order valence-electron chi connectivity index (χ3n) is 3.74. The Morgan fingerprint density at radius 2 is 1.12 bits per heavy atom. The Bertz CT molecular complexity index is 964. The van der Waals surface area contributed by atoms with E-state index in [1.165, 1.54) is 5.46 Å². The first-order valence-corrected chi connectivity index (χ1v) is 7.97. The van der Waals surface area contributed by atoms with Gasteiger partial charge in [-0.3, -0.25) is 0 Å². The summed E-state index contributed by atoms with van der Waals surface area (Å²) in [5.74, 6) is 12.9. The van der Waals surface area contributed by atoms with Crippen LogP contribution in [0.25, 0.3) is 0 Å². The van der Waals surface area contributed by atoms with Crippen LogP contribution in [0, 0.1) is 23.7 Å². The van der Waals surface area contributed by atoms with E-state index in [-0.39, 0.29) is 0 Å². The van der Waals surface area contributed by atoms with E-state index in [2.05, 4.69) is 69.7 Å². The number of rotatable bonds is 0. The van der Waals surface area contributed by atoms with Crippen molar-refractivity contribution in [2.75, 3.05) is 0 Å². The molecule has 0 aromatic heterocycles. The predicted molar refractivity (Wildman–Crippen MR) is 108 cm³/mol. The highest BCUT2D eigenvalue weighted by Crippen LogP contribution is 2.02. The van der Waals surface area contributed by atoms with Crippen LogP contribution in [0.15, 0.2) is 72.8 Å². The lowest BCUT2D eigenvalue weighted by Gasteiger charge is -1.99. The smallest absolute Gasteiger partial charge is 0.0889 e. The van der Waals surface area contributed by atoms with Gasteiger partial charge in [-0.2, -0.15) is 0 Å². The van der Waals surface area contributed by atoms with Gasteiger partial charge >= 0.3 is 0 Å². The van der Waals surface area contributed by atoms with Crippen molar-refractivity contribution in [3.05, 3.63) is 95.1 Å². The van der Waals surface area contributed by atoms with Crippen molar-refractivity contribution in [2.45, 2.75) is 0 Å². The normalized spacial score (nSPS) is 9.33. The van der Waals surface area contributed by atoms with E-state index in [0.29, 0.717) is 0 Å². The van der Waals surface area contributed by atoms with E-state index >= 15 is 0 Å². The van der Waals surface area contributed by atoms with Gasteiger partial charge in [-0.05, 0) is 36.4 Å². The van der Waals surface area contributed by atoms with Crippen LogP contribution >= 0.6 is 0 Å². The van der Waals surface area contributed by atoms with Crippen LogP contribution in [0.3, 0.4) is 0 Å². The molecule has 0 amide bonds. The Morgan fingerprint density at radius 3 is 1.83 bits per heavy atom. The first-order valence-electron chi connectivity index (χ1n) is 7.97. The highest BCUT2D eigenvalue weighted by atomic mass is 14.0. The Labute approximate surface area is 145 Å². The molecule has 3 aromatic rings. The molecular formula is C22H16B2. The monoisotopic (exact) mass is 302 g/mol. The summed E-state index contributed by atoms with van der Waals surface area (Å²) in [5.41, 5.74) is 6.51. The standard InChI is InChI=1S/C22H16B2/c23-21-14-10-18(11-15-21)6-7-19-9-13-20(22(24)16-19)12-8-17-4-2-1-3-5-17/h1-5,9-11,13-16H,23-24H2. The molecule has 24 heavy (non-hydrogen) atoms. The molecule has 3 rings (SSSR count). The fourth-order valence-electron chi connectivity index (χ4n) is 2.32. The van der Waals surface area contributed by atoms with Gasteiger partial charge in [0.05, 0.1) is 0 Å². The summed E-state index contributed by atoms with van der Waals surface area (Å²) in [6, 6.07) is 24.5.